The minimum atomic E-state index is -0.552. The number of hydrogen-bond acceptors (Lipinski definition) is 3. The molecule has 0 spiro atoms. The zero-order valence-electron chi connectivity index (χ0n) is 6.15. The van der Waals surface area contributed by atoms with Gasteiger partial charge in [-0.15, -0.1) is 9.94 Å². The van der Waals surface area contributed by atoms with Gasteiger partial charge in [0.15, 0.2) is 5.69 Å². The number of rotatable bonds is 3. The van der Waals surface area contributed by atoms with Gasteiger partial charge >= 0.3 is 0 Å². The molecule has 1 aromatic heterocycles. The lowest BCUT2D eigenvalue weighted by Crippen LogP contribution is -2.15. The fourth-order valence-corrected chi connectivity index (χ4v) is 0.643. The van der Waals surface area contributed by atoms with Crippen molar-refractivity contribution in [3.05, 3.63) is 18.0 Å². The normalized spacial score (nSPS) is 9.55. The molecule has 0 radical (unpaired) electrons. The van der Waals surface area contributed by atoms with Gasteiger partial charge in [0.1, 0.15) is 6.61 Å². The number of hydrogen-bond donors (Lipinski definition) is 1. The lowest BCUT2D eigenvalue weighted by Gasteiger charge is -1.98. The highest BCUT2D eigenvalue weighted by atomic mass is 16.7. The Bertz CT molecular complexity index is 256. The third kappa shape index (κ3) is 1.70. The van der Waals surface area contributed by atoms with E-state index in [1.807, 2.05) is 6.92 Å². The summed E-state index contributed by atoms with van der Waals surface area (Å²) in [6.07, 6.45) is 1.53. The first-order valence-corrected chi connectivity index (χ1v) is 3.22. The molecule has 11 heavy (non-hydrogen) atoms. The molecule has 5 nitrogen and oxygen atoms in total. The van der Waals surface area contributed by atoms with Gasteiger partial charge in [-0.3, -0.25) is 4.79 Å². The van der Waals surface area contributed by atoms with E-state index in [0.717, 1.165) is 0 Å². The molecule has 2 N–H and O–H groups in total. The van der Waals surface area contributed by atoms with Crippen molar-refractivity contribution in [3.63, 3.8) is 0 Å². The number of amides is 1. The Hall–Kier alpha value is -1.52. The molecule has 0 fully saturated rings. The molecule has 0 atom stereocenters. The Labute approximate surface area is 63.7 Å². The number of carbonyl (C=O) groups is 1. The smallest absolute Gasteiger partial charge is 0.269 e. The van der Waals surface area contributed by atoms with E-state index in [4.69, 9.17) is 10.6 Å². The van der Waals surface area contributed by atoms with Crippen LogP contribution in [0.3, 0.4) is 0 Å². The average molecular weight is 155 g/mol. The molecule has 60 valence electrons. The van der Waals surface area contributed by atoms with Crippen LogP contribution in [0.1, 0.15) is 17.4 Å². The van der Waals surface area contributed by atoms with Crippen molar-refractivity contribution in [2.24, 2.45) is 5.73 Å². The molecule has 0 saturated heterocycles. The molecule has 0 aliphatic carbocycles. The van der Waals surface area contributed by atoms with Crippen LogP contribution in [0.15, 0.2) is 12.3 Å². The predicted octanol–water partition coefficient (Wildman–Crippen LogP) is -0.570. The highest BCUT2D eigenvalue weighted by molar-refractivity contribution is 5.90. The summed E-state index contributed by atoms with van der Waals surface area (Å²) in [4.78, 5) is 16.7. The second kappa shape index (κ2) is 3.05. The molecule has 0 aromatic carbocycles. The third-order valence-electron chi connectivity index (χ3n) is 1.08. The fourth-order valence-electron chi connectivity index (χ4n) is 0.643. The minimum Gasteiger partial charge on any atom is -0.397 e. The first kappa shape index (κ1) is 7.59. The Morgan fingerprint density at radius 3 is 3.09 bits per heavy atom. The van der Waals surface area contributed by atoms with Crippen LogP contribution in [0.4, 0.5) is 0 Å². The van der Waals surface area contributed by atoms with Crippen molar-refractivity contribution >= 4 is 5.91 Å². The monoisotopic (exact) mass is 155 g/mol. The predicted molar refractivity (Wildman–Crippen MR) is 37.9 cm³/mol. The summed E-state index contributed by atoms with van der Waals surface area (Å²) in [5, 5.41) is 3.72. The number of nitrogens with two attached hydrogens (primary N) is 1. The van der Waals surface area contributed by atoms with Gasteiger partial charge in [-0.2, -0.15) is 0 Å². The molecule has 0 aliphatic heterocycles. The van der Waals surface area contributed by atoms with E-state index >= 15 is 0 Å². The van der Waals surface area contributed by atoms with Crippen molar-refractivity contribution in [3.8, 4) is 0 Å². The zero-order valence-corrected chi connectivity index (χ0v) is 6.15. The van der Waals surface area contributed by atoms with Crippen molar-refractivity contribution < 1.29 is 9.63 Å². The quantitative estimate of drug-likeness (QED) is 0.635. The van der Waals surface area contributed by atoms with E-state index in [-0.39, 0.29) is 5.69 Å². The summed E-state index contributed by atoms with van der Waals surface area (Å²) in [7, 11) is 0. The van der Waals surface area contributed by atoms with E-state index in [0.29, 0.717) is 6.61 Å². The SMILES string of the molecule is CCOn1ccc(C(N)=O)n1. The number of carbonyl (C=O) groups excluding carboxylic acids is 1. The van der Waals surface area contributed by atoms with Crippen LogP contribution in [0, 0.1) is 0 Å². The lowest BCUT2D eigenvalue weighted by atomic mass is 10.4. The molecule has 1 aromatic rings. The van der Waals surface area contributed by atoms with E-state index in [1.165, 1.54) is 17.1 Å². The summed E-state index contributed by atoms with van der Waals surface area (Å²) < 4.78 is 0. The van der Waals surface area contributed by atoms with E-state index in [1.54, 1.807) is 0 Å². The fraction of sp³-hybridized carbons (Fsp3) is 0.333. The van der Waals surface area contributed by atoms with Crippen LogP contribution in [0.5, 0.6) is 0 Å². The van der Waals surface area contributed by atoms with Crippen molar-refractivity contribution in [2.75, 3.05) is 6.61 Å². The van der Waals surface area contributed by atoms with Crippen LogP contribution in [0.25, 0.3) is 0 Å². The van der Waals surface area contributed by atoms with Crippen molar-refractivity contribution in [2.45, 2.75) is 6.92 Å². The van der Waals surface area contributed by atoms with Crippen LogP contribution in [0.2, 0.25) is 0 Å². The maximum atomic E-state index is 10.5. The second-order valence-electron chi connectivity index (χ2n) is 1.89. The van der Waals surface area contributed by atoms with Gasteiger partial charge in [0.25, 0.3) is 5.91 Å². The Morgan fingerprint density at radius 1 is 1.91 bits per heavy atom. The highest BCUT2D eigenvalue weighted by Gasteiger charge is 2.03. The molecule has 0 unspecified atom stereocenters. The summed E-state index contributed by atoms with van der Waals surface area (Å²) in [6, 6.07) is 1.50. The van der Waals surface area contributed by atoms with Gasteiger partial charge in [0.05, 0.1) is 6.20 Å². The average Bonchev–Trinajstić information content (AvgIpc) is 2.37. The van der Waals surface area contributed by atoms with E-state index in [2.05, 4.69) is 5.10 Å². The first-order chi connectivity index (χ1) is 5.24. The van der Waals surface area contributed by atoms with Gasteiger partial charge < -0.3 is 10.6 Å². The Morgan fingerprint density at radius 2 is 2.64 bits per heavy atom. The van der Waals surface area contributed by atoms with Crippen LogP contribution < -0.4 is 10.6 Å². The highest BCUT2D eigenvalue weighted by Crippen LogP contribution is 1.91. The van der Waals surface area contributed by atoms with Gasteiger partial charge in [0.2, 0.25) is 0 Å². The third-order valence-corrected chi connectivity index (χ3v) is 1.08. The molecular formula is C6H9N3O2. The first-order valence-electron chi connectivity index (χ1n) is 3.22. The maximum absolute atomic E-state index is 10.5. The van der Waals surface area contributed by atoms with E-state index < -0.39 is 5.91 Å². The van der Waals surface area contributed by atoms with Crippen LogP contribution in [-0.4, -0.2) is 22.5 Å². The zero-order chi connectivity index (χ0) is 8.27. The number of aromatic nitrogens is 2. The molecule has 1 amide bonds. The van der Waals surface area contributed by atoms with E-state index in [9.17, 15) is 4.79 Å². The summed E-state index contributed by atoms with van der Waals surface area (Å²) in [5.41, 5.74) is 5.16. The maximum Gasteiger partial charge on any atom is 0.269 e. The van der Waals surface area contributed by atoms with Crippen molar-refractivity contribution in [1.82, 2.24) is 9.94 Å². The largest absolute Gasteiger partial charge is 0.397 e. The Kier molecular flexibility index (Phi) is 2.10. The van der Waals surface area contributed by atoms with Crippen LogP contribution in [-0.2, 0) is 0 Å². The summed E-state index contributed by atoms with van der Waals surface area (Å²) in [5.74, 6) is -0.552. The topological polar surface area (TPSA) is 70.1 Å². The molecule has 1 heterocycles. The number of nitrogens with zero attached hydrogens (tertiary/aromatic N) is 2. The number of primary amides is 1. The van der Waals surface area contributed by atoms with Gasteiger partial charge in [-0.1, -0.05) is 0 Å². The minimum absolute atomic E-state index is 0.207. The van der Waals surface area contributed by atoms with Gasteiger partial charge in [0, 0.05) is 0 Å². The Balaban J connectivity index is 2.73. The molecule has 0 bridgehead atoms. The second-order valence-corrected chi connectivity index (χ2v) is 1.89. The molecule has 0 saturated carbocycles. The molecule has 0 aliphatic rings. The standard InChI is InChI=1S/C6H9N3O2/c1-2-11-9-4-3-5(8-9)6(7)10/h3-4H,2H2,1H3,(H2,7,10). The van der Waals surface area contributed by atoms with Crippen LogP contribution >= 0.6 is 0 Å². The van der Waals surface area contributed by atoms with Gasteiger partial charge in [-0.05, 0) is 13.0 Å². The summed E-state index contributed by atoms with van der Waals surface area (Å²) >= 11 is 0. The molecule has 1 rings (SSSR count). The van der Waals surface area contributed by atoms with Crippen molar-refractivity contribution in [1.29, 1.82) is 0 Å². The van der Waals surface area contributed by atoms with Gasteiger partial charge in [-0.25, -0.2) is 0 Å². The summed E-state index contributed by atoms with van der Waals surface area (Å²) in [6.45, 7) is 2.32. The molecule has 5 heteroatoms. The lowest BCUT2D eigenvalue weighted by molar-refractivity contribution is 0.0877. The molecular weight excluding hydrogens is 146 g/mol.